The van der Waals surface area contributed by atoms with Crippen LogP contribution in [0.1, 0.15) is 59.3 Å². The third-order valence-electron chi connectivity index (χ3n) is 8.15. The summed E-state index contributed by atoms with van der Waals surface area (Å²) in [6.07, 6.45) is 5.16. The van der Waals surface area contributed by atoms with Crippen molar-refractivity contribution >= 4 is 17.8 Å². The first kappa shape index (κ1) is 28.1. The van der Waals surface area contributed by atoms with Gasteiger partial charge in [-0.2, -0.15) is 0 Å². The minimum Gasteiger partial charge on any atom is -0.486 e. The zero-order valence-corrected chi connectivity index (χ0v) is 22.9. The molecule has 0 radical (unpaired) electrons. The molecule has 3 aliphatic rings. The van der Waals surface area contributed by atoms with Gasteiger partial charge < -0.3 is 30.5 Å². The van der Waals surface area contributed by atoms with Gasteiger partial charge in [0.2, 0.25) is 11.8 Å². The highest BCUT2D eigenvalue weighted by Crippen LogP contribution is 2.36. The maximum Gasteiger partial charge on any atom is 0.318 e. The number of nitrogens with one attached hydrogen (secondary N) is 3. The molecular formula is C28H42FN5O4. The van der Waals surface area contributed by atoms with Gasteiger partial charge in [0.25, 0.3) is 0 Å². The summed E-state index contributed by atoms with van der Waals surface area (Å²) in [5, 5.41) is 8.98. The maximum atomic E-state index is 14.2. The molecule has 5 atom stereocenters. The number of carbonyl (C=O) groups is 3. The Balaban J connectivity index is 1.60. The zero-order chi connectivity index (χ0) is 27.4. The van der Waals surface area contributed by atoms with Gasteiger partial charge in [-0.1, -0.05) is 19.3 Å². The highest BCUT2D eigenvalue weighted by Gasteiger charge is 2.54. The fraction of sp³-hybridized carbons (Fsp3) is 0.679. The molecular weight excluding hydrogens is 489 g/mol. The molecule has 5 unspecified atom stereocenters. The lowest BCUT2D eigenvalue weighted by molar-refractivity contribution is -0.140. The van der Waals surface area contributed by atoms with E-state index in [-0.39, 0.29) is 47.7 Å². The van der Waals surface area contributed by atoms with E-state index in [1.165, 1.54) is 12.1 Å². The van der Waals surface area contributed by atoms with E-state index in [0.29, 0.717) is 25.3 Å². The maximum absolute atomic E-state index is 14.2. The smallest absolute Gasteiger partial charge is 0.318 e. The van der Waals surface area contributed by atoms with Crippen molar-refractivity contribution in [2.24, 2.45) is 5.92 Å². The minimum absolute atomic E-state index is 0.0304. The number of nitrogens with zero attached hydrogens (tertiary/aromatic N) is 2. The number of amides is 4. The number of rotatable bonds is 8. The summed E-state index contributed by atoms with van der Waals surface area (Å²) in [6.45, 7) is 6.38. The van der Waals surface area contributed by atoms with Crippen LogP contribution >= 0.6 is 0 Å². The van der Waals surface area contributed by atoms with Crippen LogP contribution < -0.4 is 20.7 Å². The van der Waals surface area contributed by atoms with E-state index < -0.39 is 18.2 Å². The predicted octanol–water partition coefficient (Wildman–Crippen LogP) is 2.65. The average molecular weight is 532 g/mol. The molecule has 9 nitrogen and oxygen atoms in total. The second-order valence-corrected chi connectivity index (χ2v) is 11.1. The predicted molar refractivity (Wildman–Crippen MR) is 142 cm³/mol. The van der Waals surface area contributed by atoms with Crippen molar-refractivity contribution in [2.45, 2.75) is 95.6 Å². The highest BCUT2D eigenvalue weighted by atomic mass is 19.1. The van der Waals surface area contributed by atoms with Crippen molar-refractivity contribution in [3.63, 3.8) is 0 Å². The van der Waals surface area contributed by atoms with Crippen molar-refractivity contribution in [1.82, 2.24) is 25.8 Å². The lowest BCUT2D eigenvalue weighted by atomic mass is 9.83. The molecule has 10 heteroatoms. The van der Waals surface area contributed by atoms with Gasteiger partial charge in [-0.05, 0) is 77.3 Å². The fourth-order valence-electron chi connectivity index (χ4n) is 6.08. The van der Waals surface area contributed by atoms with Crippen LogP contribution in [0.4, 0.5) is 9.18 Å². The molecule has 0 aromatic heterocycles. The lowest BCUT2D eigenvalue weighted by Crippen LogP contribution is -2.58. The Kier molecular flexibility index (Phi) is 9.12. The molecule has 38 heavy (non-hydrogen) atoms. The second kappa shape index (κ2) is 12.3. The van der Waals surface area contributed by atoms with E-state index in [2.05, 4.69) is 16.0 Å². The molecule has 2 saturated heterocycles. The first-order valence-corrected chi connectivity index (χ1v) is 14.0. The van der Waals surface area contributed by atoms with Crippen molar-refractivity contribution in [3.05, 3.63) is 30.1 Å². The number of likely N-dealkylation sites (N-methyl/N-ethyl adjacent to an activating group) is 1. The SMILES string of the molecule is CNC(C)C(=O)NC(C(=O)N1CCC2C1C(Oc1ccc(F)cc1)CN2C(=O)NC(C)C)C1CCCCC1. The normalized spacial score (nSPS) is 25.2. The van der Waals surface area contributed by atoms with Gasteiger partial charge in [0.15, 0.2) is 0 Å². The third kappa shape index (κ3) is 6.22. The molecule has 3 N–H and O–H groups in total. The van der Waals surface area contributed by atoms with Crippen LogP contribution in [0.3, 0.4) is 0 Å². The van der Waals surface area contributed by atoms with E-state index >= 15 is 0 Å². The number of hydrogen-bond acceptors (Lipinski definition) is 5. The summed E-state index contributed by atoms with van der Waals surface area (Å²) < 4.78 is 19.8. The van der Waals surface area contributed by atoms with Crippen LogP contribution in [-0.4, -0.2) is 84.1 Å². The van der Waals surface area contributed by atoms with E-state index in [1.54, 1.807) is 31.0 Å². The number of fused-ring (bicyclic) bond motifs is 1. The molecule has 1 saturated carbocycles. The number of hydrogen-bond donors (Lipinski definition) is 3. The van der Waals surface area contributed by atoms with Crippen molar-refractivity contribution in [3.8, 4) is 5.75 Å². The Morgan fingerprint density at radius 2 is 1.66 bits per heavy atom. The summed E-state index contributed by atoms with van der Waals surface area (Å²) in [6, 6.07) is 3.96. The number of likely N-dealkylation sites (tertiary alicyclic amines) is 2. The van der Waals surface area contributed by atoms with Gasteiger partial charge in [-0.3, -0.25) is 9.59 Å². The number of carbonyl (C=O) groups excluding carboxylic acids is 3. The van der Waals surface area contributed by atoms with Crippen LogP contribution in [0.15, 0.2) is 24.3 Å². The third-order valence-corrected chi connectivity index (χ3v) is 8.15. The van der Waals surface area contributed by atoms with Gasteiger partial charge in [0, 0.05) is 12.6 Å². The van der Waals surface area contributed by atoms with Crippen LogP contribution in [0.5, 0.6) is 5.75 Å². The first-order valence-electron chi connectivity index (χ1n) is 14.0. The largest absolute Gasteiger partial charge is 0.486 e. The van der Waals surface area contributed by atoms with Gasteiger partial charge in [-0.25, -0.2) is 9.18 Å². The summed E-state index contributed by atoms with van der Waals surface area (Å²) in [7, 11) is 1.72. The molecule has 4 amide bonds. The molecule has 210 valence electrons. The molecule has 2 aliphatic heterocycles. The molecule has 2 heterocycles. The Morgan fingerprint density at radius 3 is 2.29 bits per heavy atom. The highest BCUT2D eigenvalue weighted by molar-refractivity contribution is 5.90. The molecule has 0 spiro atoms. The van der Waals surface area contributed by atoms with E-state index in [0.717, 1.165) is 32.1 Å². The first-order chi connectivity index (χ1) is 18.2. The molecule has 3 fully saturated rings. The van der Waals surface area contributed by atoms with Crippen LogP contribution in [-0.2, 0) is 9.59 Å². The Labute approximate surface area is 224 Å². The fourth-order valence-corrected chi connectivity index (χ4v) is 6.08. The molecule has 1 aromatic rings. The Morgan fingerprint density at radius 1 is 0.974 bits per heavy atom. The van der Waals surface area contributed by atoms with Gasteiger partial charge in [0.05, 0.1) is 24.7 Å². The average Bonchev–Trinajstić information content (AvgIpc) is 3.49. The summed E-state index contributed by atoms with van der Waals surface area (Å²) in [4.78, 5) is 43.8. The van der Waals surface area contributed by atoms with Crippen molar-refractivity contribution < 1.29 is 23.5 Å². The number of ether oxygens (including phenoxy) is 1. The number of halogens is 1. The summed E-state index contributed by atoms with van der Waals surface area (Å²) in [5.41, 5.74) is 0. The van der Waals surface area contributed by atoms with Gasteiger partial charge >= 0.3 is 6.03 Å². The Bertz CT molecular complexity index is 984. The summed E-state index contributed by atoms with van der Waals surface area (Å²) >= 11 is 0. The van der Waals surface area contributed by atoms with Crippen LogP contribution in [0, 0.1) is 11.7 Å². The van der Waals surface area contributed by atoms with E-state index in [9.17, 15) is 18.8 Å². The topological polar surface area (TPSA) is 103 Å². The number of urea groups is 1. The quantitative estimate of drug-likeness (QED) is 0.479. The van der Waals surface area contributed by atoms with E-state index in [4.69, 9.17) is 4.74 Å². The minimum atomic E-state index is -0.623. The molecule has 0 bridgehead atoms. The van der Waals surface area contributed by atoms with Gasteiger partial charge in [0.1, 0.15) is 23.7 Å². The lowest BCUT2D eigenvalue weighted by Gasteiger charge is -2.36. The number of benzene rings is 1. The van der Waals surface area contributed by atoms with E-state index in [1.807, 2.05) is 18.7 Å². The van der Waals surface area contributed by atoms with Crippen molar-refractivity contribution in [2.75, 3.05) is 20.1 Å². The van der Waals surface area contributed by atoms with Crippen LogP contribution in [0.25, 0.3) is 0 Å². The zero-order valence-electron chi connectivity index (χ0n) is 22.9. The molecule has 4 rings (SSSR count). The second-order valence-electron chi connectivity index (χ2n) is 11.1. The molecule has 1 aliphatic carbocycles. The molecule has 1 aromatic carbocycles. The monoisotopic (exact) mass is 531 g/mol. The van der Waals surface area contributed by atoms with Gasteiger partial charge in [-0.15, -0.1) is 0 Å². The summed E-state index contributed by atoms with van der Waals surface area (Å²) in [5.74, 6) is -0.114. The van der Waals surface area contributed by atoms with Crippen LogP contribution in [0.2, 0.25) is 0 Å². The standard InChI is InChI=1S/C28H42FN5O4/c1-17(2)31-28(37)34-16-23(38-21-12-10-20(29)11-13-21)25-22(34)14-15-33(25)27(36)24(19-8-6-5-7-9-19)32-26(35)18(3)30-4/h10-13,17-19,22-25,30H,5-9,14-16H2,1-4H3,(H,31,37)(H,32,35). The van der Waals surface area contributed by atoms with Crippen molar-refractivity contribution in [1.29, 1.82) is 0 Å². The Hall–Kier alpha value is -2.88.